The van der Waals surface area contributed by atoms with Crippen LogP contribution in [0, 0.1) is 0 Å². The first kappa shape index (κ1) is 12.8. The lowest BCUT2D eigenvalue weighted by Gasteiger charge is -2.09. The predicted molar refractivity (Wildman–Crippen MR) is 57.3 cm³/mol. The number of nitrogens with two attached hydrogens (primary N) is 1. The van der Waals surface area contributed by atoms with Crippen LogP contribution in [0.4, 0.5) is 14.6 Å². The number of carbonyl (C=O) groups excluding carboxylic acids is 1. The number of nitrogens with zero attached hydrogens (tertiary/aromatic N) is 1. The van der Waals surface area contributed by atoms with E-state index in [1.165, 1.54) is 6.07 Å². The Morgan fingerprint density at radius 3 is 2.81 bits per heavy atom. The number of ether oxygens (including phenoxy) is 1. The molecule has 0 bridgehead atoms. The molecule has 0 aromatic carbocycles. The second-order valence-electron chi connectivity index (χ2n) is 2.82. The van der Waals surface area contributed by atoms with Crippen LogP contribution in [0.2, 0.25) is 0 Å². The maximum absolute atomic E-state index is 12.5. The van der Waals surface area contributed by atoms with Crippen LogP contribution in [0.1, 0.15) is 29.4 Å². The monoisotopic (exact) mass is 294 g/mol. The summed E-state index contributed by atoms with van der Waals surface area (Å²) in [6.45, 7) is 1.77. The van der Waals surface area contributed by atoms with Crippen LogP contribution in [-0.2, 0) is 4.74 Å². The van der Waals surface area contributed by atoms with E-state index in [2.05, 4.69) is 20.9 Å². The van der Waals surface area contributed by atoms with Gasteiger partial charge in [0.15, 0.2) is 0 Å². The normalized spacial score (nSPS) is 10.6. The summed E-state index contributed by atoms with van der Waals surface area (Å²) in [6.07, 6.45) is -2.81. The zero-order chi connectivity index (χ0) is 12.3. The Kier molecular flexibility index (Phi) is 4.17. The molecule has 4 nitrogen and oxygen atoms in total. The molecular formula is C9H9BrF2N2O2. The van der Waals surface area contributed by atoms with Gasteiger partial charge in [0.2, 0.25) is 0 Å². The van der Waals surface area contributed by atoms with Gasteiger partial charge in [0.25, 0.3) is 6.43 Å². The summed E-state index contributed by atoms with van der Waals surface area (Å²) in [4.78, 5) is 14.9. The molecule has 0 aliphatic heterocycles. The molecular weight excluding hydrogens is 286 g/mol. The van der Waals surface area contributed by atoms with Crippen LogP contribution in [0.15, 0.2) is 10.5 Å². The zero-order valence-corrected chi connectivity index (χ0v) is 9.92. The second kappa shape index (κ2) is 5.20. The molecule has 0 spiro atoms. The maximum atomic E-state index is 12.5. The SMILES string of the molecule is CCOC(=O)c1cc(N)nc(C(F)F)c1Br. The summed E-state index contributed by atoms with van der Waals surface area (Å²) in [5.41, 5.74) is 4.71. The number of esters is 1. The highest BCUT2D eigenvalue weighted by Crippen LogP contribution is 2.30. The summed E-state index contributed by atoms with van der Waals surface area (Å²) in [5.74, 6) is -0.869. The minimum Gasteiger partial charge on any atom is -0.462 e. The third kappa shape index (κ3) is 2.66. The number of pyridine rings is 1. The molecule has 0 radical (unpaired) electrons. The Balaban J connectivity index is 3.24. The molecule has 0 aliphatic rings. The quantitative estimate of drug-likeness (QED) is 0.870. The van der Waals surface area contributed by atoms with E-state index >= 15 is 0 Å². The first-order valence-corrected chi connectivity index (χ1v) is 5.17. The largest absolute Gasteiger partial charge is 0.462 e. The highest BCUT2D eigenvalue weighted by Gasteiger charge is 2.21. The molecule has 1 aromatic heterocycles. The maximum Gasteiger partial charge on any atom is 0.339 e. The number of hydrogen-bond acceptors (Lipinski definition) is 4. The second-order valence-corrected chi connectivity index (χ2v) is 3.61. The van der Waals surface area contributed by atoms with E-state index in [4.69, 9.17) is 10.5 Å². The molecule has 2 N–H and O–H groups in total. The van der Waals surface area contributed by atoms with Crippen molar-refractivity contribution in [3.8, 4) is 0 Å². The van der Waals surface area contributed by atoms with Crippen molar-refractivity contribution >= 4 is 27.7 Å². The van der Waals surface area contributed by atoms with Gasteiger partial charge in [0.05, 0.1) is 16.6 Å². The number of hydrogen-bond donors (Lipinski definition) is 1. The molecule has 1 aromatic rings. The molecule has 0 aliphatic carbocycles. The van der Waals surface area contributed by atoms with Gasteiger partial charge in [0, 0.05) is 0 Å². The van der Waals surface area contributed by atoms with Gasteiger partial charge >= 0.3 is 5.97 Å². The van der Waals surface area contributed by atoms with Crippen molar-refractivity contribution in [3.05, 3.63) is 21.8 Å². The van der Waals surface area contributed by atoms with E-state index in [-0.39, 0.29) is 22.5 Å². The van der Waals surface area contributed by atoms with Crippen molar-refractivity contribution in [3.63, 3.8) is 0 Å². The first-order chi connectivity index (χ1) is 7.47. The van der Waals surface area contributed by atoms with Gasteiger partial charge in [-0.2, -0.15) is 0 Å². The van der Waals surface area contributed by atoms with E-state index in [1.807, 2.05) is 0 Å². The smallest absolute Gasteiger partial charge is 0.339 e. The fourth-order valence-electron chi connectivity index (χ4n) is 1.07. The topological polar surface area (TPSA) is 65.2 Å². The van der Waals surface area contributed by atoms with Crippen LogP contribution in [-0.4, -0.2) is 17.6 Å². The Morgan fingerprint density at radius 2 is 2.31 bits per heavy atom. The van der Waals surface area contributed by atoms with E-state index in [9.17, 15) is 13.6 Å². The summed E-state index contributed by atoms with van der Waals surface area (Å²) in [7, 11) is 0. The third-order valence-electron chi connectivity index (χ3n) is 1.71. The number of halogens is 3. The fraction of sp³-hybridized carbons (Fsp3) is 0.333. The van der Waals surface area contributed by atoms with Gasteiger partial charge in [-0.05, 0) is 28.9 Å². The van der Waals surface area contributed by atoms with Crippen molar-refractivity contribution in [1.82, 2.24) is 4.98 Å². The van der Waals surface area contributed by atoms with Crippen molar-refractivity contribution in [2.45, 2.75) is 13.3 Å². The minimum absolute atomic E-state index is 0.0513. The number of alkyl halides is 2. The van der Waals surface area contributed by atoms with Crippen molar-refractivity contribution in [1.29, 1.82) is 0 Å². The lowest BCUT2D eigenvalue weighted by Crippen LogP contribution is -2.09. The minimum atomic E-state index is -2.81. The molecule has 1 rings (SSSR count). The van der Waals surface area contributed by atoms with E-state index < -0.39 is 18.1 Å². The Hall–Kier alpha value is -1.24. The first-order valence-electron chi connectivity index (χ1n) is 4.38. The fourth-order valence-corrected chi connectivity index (χ4v) is 1.61. The number of rotatable bonds is 3. The summed E-state index contributed by atoms with van der Waals surface area (Å²) in [6, 6.07) is 1.19. The van der Waals surface area contributed by atoms with Crippen molar-refractivity contribution < 1.29 is 18.3 Å². The Morgan fingerprint density at radius 1 is 1.69 bits per heavy atom. The molecule has 0 amide bonds. The number of nitrogen functional groups attached to an aromatic ring is 1. The van der Waals surface area contributed by atoms with Gasteiger partial charge < -0.3 is 10.5 Å². The number of anilines is 1. The van der Waals surface area contributed by atoms with E-state index in [0.29, 0.717) is 0 Å². The molecule has 0 fully saturated rings. The molecule has 7 heteroatoms. The number of aromatic nitrogens is 1. The molecule has 0 unspecified atom stereocenters. The zero-order valence-electron chi connectivity index (χ0n) is 8.34. The van der Waals surface area contributed by atoms with Gasteiger partial charge in [-0.1, -0.05) is 0 Å². The average molecular weight is 295 g/mol. The summed E-state index contributed by atoms with van der Waals surface area (Å²) >= 11 is 2.89. The molecule has 88 valence electrons. The third-order valence-corrected chi connectivity index (χ3v) is 2.54. The van der Waals surface area contributed by atoms with Crippen LogP contribution < -0.4 is 5.73 Å². The molecule has 16 heavy (non-hydrogen) atoms. The lowest BCUT2D eigenvalue weighted by molar-refractivity contribution is 0.0524. The van der Waals surface area contributed by atoms with Crippen molar-refractivity contribution in [2.75, 3.05) is 12.3 Å². The van der Waals surface area contributed by atoms with Gasteiger partial charge in [0.1, 0.15) is 11.5 Å². The van der Waals surface area contributed by atoms with Crippen molar-refractivity contribution in [2.24, 2.45) is 0 Å². The highest BCUT2D eigenvalue weighted by molar-refractivity contribution is 9.10. The van der Waals surface area contributed by atoms with Crippen LogP contribution in [0.5, 0.6) is 0 Å². The molecule has 1 heterocycles. The summed E-state index contributed by atoms with van der Waals surface area (Å²) < 4.78 is 29.7. The van der Waals surface area contributed by atoms with Gasteiger partial charge in [-0.25, -0.2) is 18.6 Å². The Bertz CT molecular complexity index is 413. The molecule has 0 saturated heterocycles. The van der Waals surface area contributed by atoms with Crippen LogP contribution in [0.25, 0.3) is 0 Å². The molecule has 0 atom stereocenters. The average Bonchev–Trinajstić information content (AvgIpc) is 2.20. The van der Waals surface area contributed by atoms with E-state index in [1.54, 1.807) is 6.92 Å². The van der Waals surface area contributed by atoms with Gasteiger partial charge in [-0.15, -0.1) is 0 Å². The van der Waals surface area contributed by atoms with Crippen LogP contribution in [0.3, 0.4) is 0 Å². The van der Waals surface area contributed by atoms with Gasteiger partial charge in [-0.3, -0.25) is 0 Å². The predicted octanol–water partition coefficient (Wildman–Crippen LogP) is 2.54. The Labute approximate surface area is 98.9 Å². The molecule has 0 saturated carbocycles. The highest BCUT2D eigenvalue weighted by atomic mass is 79.9. The number of carbonyl (C=O) groups is 1. The van der Waals surface area contributed by atoms with E-state index in [0.717, 1.165) is 0 Å². The standard InChI is InChI=1S/C9H9BrF2N2O2/c1-2-16-9(15)4-3-5(13)14-7(6(4)10)8(11)12/h3,8H,2H2,1H3,(H2,13,14). The summed E-state index contributed by atoms with van der Waals surface area (Å²) in [5, 5.41) is 0. The van der Waals surface area contributed by atoms with Crippen LogP contribution >= 0.6 is 15.9 Å². The lowest BCUT2D eigenvalue weighted by atomic mass is 10.2.